The average Bonchev–Trinajstić information content (AvgIpc) is 2.48. The van der Waals surface area contributed by atoms with Crippen LogP contribution in [0.25, 0.3) is 0 Å². The molecule has 21 heavy (non-hydrogen) atoms. The zero-order valence-corrected chi connectivity index (χ0v) is 12.5. The van der Waals surface area contributed by atoms with Gasteiger partial charge in [0.2, 0.25) is 0 Å². The molecule has 0 aliphatic carbocycles. The topological polar surface area (TPSA) is 50.4 Å². The van der Waals surface area contributed by atoms with E-state index in [4.69, 9.17) is 4.74 Å². The molecule has 4 nitrogen and oxygen atoms in total. The molecule has 0 spiro atoms. The molecule has 1 saturated heterocycles. The number of hydrogen-bond acceptors (Lipinski definition) is 3. The lowest BCUT2D eigenvalue weighted by atomic mass is 10.0. The highest BCUT2D eigenvalue weighted by Crippen LogP contribution is 2.21. The summed E-state index contributed by atoms with van der Waals surface area (Å²) in [4.78, 5) is 12.0. The lowest BCUT2D eigenvalue weighted by Crippen LogP contribution is -2.48. The predicted octanol–water partition coefficient (Wildman–Crippen LogP) is 1.94. The first-order valence-corrected chi connectivity index (χ1v) is 6.69. The Kier molecular flexibility index (Phi) is 7.01. The van der Waals surface area contributed by atoms with Gasteiger partial charge in [-0.2, -0.15) is 0 Å². The Bertz CT molecular complexity index is 482. The number of morpholine rings is 1. The molecule has 1 fully saturated rings. The smallest absolute Gasteiger partial charge is 0.250 e. The first-order valence-electron chi connectivity index (χ1n) is 6.69. The van der Waals surface area contributed by atoms with E-state index >= 15 is 0 Å². The summed E-state index contributed by atoms with van der Waals surface area (Å²) in [7, 11) is 0. The van der Waals surface area contributed by atoms with E-state index in [2.05, 4.69) is 10.6 Å². The Balaban J connectivity index is 0.00000220. The molecule has 1 aliphatic rings. The van der Waals surface area contributed by atoms with E-state index < -0.39 is 23.8 Å². The number of halogens is 3. The molecule has 1 aliphatic heterocycles. The van der Waals surface area contributed by atoms with E-state index in [0.29, 0.717) is 26.1 Å². The molecule has 1 amide bonds. The molecule has 2 N–H and O–H groups in total. The maximum atomic E-state index is 13.7. The molecule has 2 atom stereocenters. The van der Waals surface area contributed by atoms with Gasteiger partial charge in [0.15, 0.2) is 0 Å². The fourth-order valence-electron chi connectivity index (χ4n) is 2.18. The van der Waals surface area contributed by atoms with Gasteiger partial charge in [-0.15, -0.1) is 12.4 Å². The molecule has 1 aromatic carbocycles. The van der Waals surface area contributed by atoms with Crippen LogP contribution in [0.3, 0.4) is 0 Å². The van der Waals surface area contributed by atoms with Gasteiger partial charge in [-0.05, 0) is 24.6 Å². The Hall–Kier alpha value is -1.24. The SMILES string of the molecule is CCC(NC(=O)C1CNCCO1)c1cc(F)ccc1F.Cl. The van der Waals surface area contributed by atoms with E-state index in [1.54, 1.807) is 6.92 Å². The maximum Gasteiger partial charge on any atom is 0.250 e. The number of benzene rings is 1. The Morgan fingerprint density at radius 3 is 2.90 bits per heavy atom. The molecule has 0 saturated carbocycles. The second-order valence-corrected chi connectivity index (χ2v) is 4.70. The number of carbonyl (C=O) groups is 1. The summed E-state index contributed by atoms with van der Waals surface area (Å²) in [5.74, 6) is -1.36. The van der Waals surface area contributed by atoms with Gasteiger partial charge >= 0.3 is 0 Å². The zero-order valence-electron chi connectivity index (χ0n) is 11.7. The third-order valence-corrected chi connectivity index (χ3v) is 3.28. The first-order chi connectivity index (χ1) is 9.61. The van der Waals surface area contributed by atoms with Crippen LogP contribution in [0.1, 0.15) is 24.9 Å². The highest BCUT2D eigenvalue weighted by molar-refractivity contribution is 5.85. The fraction of sp³-hybridized carbons (Fsp3) is 0.500. The van der Waals surface area contributed by atoms with E-state index in [0.717, 1.165) is 18.2 Å². The third-order valence-electron chi connectivity index (χ3n) is 3.28. The van der Waals surface area contributed by atoms with Crippen LogP contribution in [0.2, 0.25) is 0 Å². The molecule has 0 radical (unpaired) electrons. The summed E-state index contributed by atoms with van der Waals surface area (Å²) in [6.45, 7) is 3.39. The lowest BCUT2D eigenvalue weighted by molar-refractivity contribution is -0.135. The lowest BCUT2D eigenvalue weighted by Gasteiger charge is -2.25. The molecule has 0 aromatic heterocycles. The third kappa shape index (κ3) is 4.62. The van der Waals surface area contributed by atoms with Crippen molar-refractivity contribution in [1.82, 2.24) is 10.6 Å². The summed E-state index contributed by atoms with van der Waals surface area (Å²) in [6.07, 6.45) is -0.124. The van der Waals surface area contributed by atoms with Crippen LogP contribution in [0.4, 0.5) is 8.78 Å². The fourth-order valence-corrected chi connectivity index (χ4v) is 2.18. The quantitative estimate of drug-likeness (QED) is 0.891. The molecule has 2 unspecified atom stereocenters. The van der Waals surface area contributed by atoms with Gasteiger partial charge in [-0.3, -0.25) is 4.79 Å². The van der Waals surface area contributed by atoms with Crippen LogP contribution in [0.15, 0.2) is 18.2 Å². The van der Waals surface area contributed by atoms with E-state index in [9.17, 15) is 13.6 Å². The highest BCUT2D eigenvalue weighted by atomic mass is 35.5. The molecule has 1 heterocycles. The Morgan fingerprint density at radius 2 is 2.29 bits per heavy atom. The van der Waals surface area contributed by atoms with Gasteiger partial charge in [0.25, 0.3) is 5.91 Å². The van der Waals surface area contributed by atoms with Gasteiger partial charge < -0.3 is 15.4 Å². The average molecular weight is 321 g/mol. The van der Waals surface area contributed by atoms with E-state index in [1.807, 2.05) is 0 Å². The monoisotopic (exact) mass is 320 g/mol. The minimum atomic E-state index is -0.588. The van der Waals surface area contributed by atoms with Crippen molar-refractivity contribution in [2.24, 2.45) is 0 Å². The molecular weight excluding hydrogens is 302 g/mol. The van der Waals surface area contributed by atoms with Crippen molar-refractivity contribution in [3.8, 4) is 0 Å². The molecule has 7 heteroatoms. The molecule has 2 rings (SSSR count). The number of carbonyl (C=O) groups excluding carboxylic acids is 1. The number of ether oxygens (including phenoxy) is 1. The number of hydrogen-bond donors (Lipinski definition) is 2. The van der Waals surface area contributed by atoms with Crippen LogP contribution in [0, 0.1) is 11.6 Å². The van der Waals surface area contributed by atoms with Gasteiger partial charge in [-0.25, -0.2) is 8.78 Å². The summed E-state index contributed by atoms with van der Waals surface area (Å²) in [6, 6.07) is 2.67. The van der Waals surface area contributed by atoms with Gasteiger partial charge in [-0.1, -0.05) is 6.92 Å². The van der Waals surface area contributed by atoms with Crippen molar-refractivity contribution in [2.75, 3.05) is 19.7 Å². The predicted molar refractivity (Wildman–Crippen MR) is 77.4 cm³/mol. The number of nitrogens with one attached hydrogen (secondary N) is 2. The molecular formula is C14H19ClF2N2O2. The molecule has 0 bridgehead atoms. The summed E-state index contributed by atoms with van der Waals surface area (Å²) >= 11 is 0. The maximum absolute atomic E-state index is 13.7. The molecule has 1 aromatic rings. The summed E-state index contributed by atoms with van der Waals surface area (Å²) < 4.78 is 32.3. The largest absolute Gasteiger partial charge is 0.366 e. The van der Waals surface area contributed by atoms with Gasteiger partial charge in [0.1, 0.15) is 17.7 Å². The van der Waals surface area contributed by atoms with Crippen LogP contribution in [-0.2, 0) is 9.53 Å². The van der Waals surface area contributed by atoms with Crippen LogP contribution >= 0.6 is 12.4 Å². The molecule has 118 valence electrons. The van der Waals surface area contributed by atoms with Crippen molar-refractivity contribution in [1.29, 1.82) is 0 Å². The van der Waals surface area contributed by atoms with Gasteiger partial charge in [0, 0.05) is 18.7 Å². The van der Waals surface area contributed by atoms with Gasteiger partial charge in [0.05, 0.1) is 12.6 Å². The highest BCUT2D eigenvalue weighted by Gasteiger charge is 2.25. The van der Waals surface area contributed by atoms with Crippen molar-refractivity contribution in [2.45, 2.75) is 25.5 Å². The first kappa shape index (κ1) is 17.8. The number of amides is 1. The van der Waals surface area contributed by atoms with Crippen molar-refractivity contribution >= 4 is 18.3 Å². The van der Waals surface area contributed by atoms with Crippen molar-refractivity contribution in [3.63, 3.8) is 0 Å². The van der Waals surface area contributed by atoms with Crippen molar-refractivity contribution in [3.05, 3.63) is 35.4 Å². The van der Waals surface area contributed by atoms with Crippen LogP contribution in [0.5, 0.6) is 0 Å². The minimum Gasteiger partial charge on any atom is -0.366 e. The minimum absolute atomic E-state index is 0. The Labute approximate surface area is 128 Å². The second kappa shape index (κ2) is 8.26. The van der Waals surface area contributed by atoms with Crippen molar-refractivity contribution < 1.29 is 18.3 Å². The summed E-state index contributed by atoms with van der Waals surface area (Å²) in [5.41, 5.74) is 0.157. The standard InChI is InChI=1S/C14H18F2N2O2.ClH/c1-2-12(10-7-9(15)3-4-11(10)16)18-14(19)13-8-17-5-6-20-13;/h3-4,7,12-13,17H,2,5-6,8H2,1H3,(H,18,19);1H. The normalized spacial score (nSPS) is 19.5. The van der Waals surface area contributed by atoms with Crippen LogP contribution in [-0.4, -0.2) is 31.7 Å². The number of rotatable bonds is 4. The van der Waals surface area contributed by atoms with E-state index in [-0.39, 0.29) is 23.9 Å². The van der Waals surface area contributed by atoms with E-state index in [1.165, 1.54) is 0 Å². The summed E-state index contributed by atoms with van der Waals surface area (Å²) in [5, 5.41) is 5.76. The Morgan fingerprint density at radius 1 is 1.52 bits per heavy atom. The second-order valence-electron chi connectivity index (χ2n) is 4.70. The van der Waals surface area contributed by atoms with Crippen LogP contribution < -0.4 is 10.6 Å². The zero-order chi connectivity index (χ0) is 14.5.